The van der Waals surface area contributed by atoms with E-state index in [0.717, 1.165) is 17.8 Å². The molecule has 0 saturated heterocycles. The van der Waals surface area contributed by atoms with Crippen LogP contribution < -0.4 is 10.1 Å². The van der Waals surface area contributed by atoms with E-state index in [9.17, 15) is 0 Å². The molecule has 0 saturated carbocycles. The minimum atomic E-state index is 0.557. The quantitative estimate of drug-likeness (QED) is 0.775. The highest BCUT2D eigenvalue weighted by molar-refractivity contribution is 5.56. The van der Waals surface area contributed by atoms with Crippen LogP contribution in [0.5, 0.6) is 11.6 Å². The third-order valence-electron chi connectivity index (χ3n) is 2.81. The first-order chi connectivity index (χ1) is 9.36. The van der Waals surface area contributed by atoms with E-state index in [4.69, 9.17) is 4.74 Å². The van der Waals surface area contributed by atoms with Gasteiger partial charge in [0.2, 0.25) is 5.88 Å². The second-order valence-corrected chi connectivity index (χ2v) is 4.17. The lowest BCUT2D eigenvalue weighted by atomic mass is 10.2. The van der Waals surface area contributed by atoms with Crippen molar-refractivity contribution in [1.82, 2.24) is 19.9 Å². The van der Waals surface area contributed by atoms with Crippen LogP contribution in [-0.4, -0.2) is 21.6 Å². The van der Waals surface area contributed by atoms with E-state index in [1.54, 1.807) is 23.1 Å². The summed E-state index contributed by atoms with van der Waals surface area (Å²) in [5.41, 5.74) is 2.06. The number of fused-ring (bicyclic) bond motifs is 1. The van der Waals surface area contributed by atoms with Gasteiger partial charge in [-0.2, -0.15) is 5.10 Å². The third kappa shape index (κ3) is 2.41. The number of rotatable bonds is 4. The van der Waals surface area contributed by atoms with Crippen LogP contribution >= 0.6 is 0 Å². The average molecular weight is 254 g/mol. The summed E-state index contributed by atoms with van der Waals surface area (Å²) in [6.07, 6.45) is 5.18. The molecule has 1 aromatic carbocycles. The molecular weight excluding hydrogens is 240 g/mol. The van der Waals surface area contributed by atoms with Gasteiger partial charge >= 0.3 is 0 Å². The van der Waals surface area contributed by atoms with Gasteiger partial charge in [-0.25, -0.2) is 9.50 Å². The number of nitrogens with zero attached hydrogens (tertiary/aromatic N) is 3. The van der Waals surface area contributed by atoms with E-state index in [-0.39, 0.29) is 0 Å². The van der Waals surface area contributed by atoms with Crippen molar-refractivity contribution in [2.75, 3.05) is 7.05 Å². The molecule has 0 spiro atoms. The predicted octanol–water partition coefficient (Wildman–Crippen LogP) is 2.24. The maximum atomic E-state index is 5.79. The molecule has 0 radical (unpaired) electrons. The Kier molecular flexibility index (Phi) is 3.12. The van der Waals surface area contributed by atoms with Crippen LogP contribution in [0.25, 0.3) is 5.52 Å². The molecule has 2 heterocycles. The highest BCUT2D eigenvalue weighted by Gasteiger charge is 2.05. The van der Waals surface area contributed by atoms with Gasteiger partial charge in [-0.3, -0.25) is 0 Å². The number of benzene rings is 1. The summed E-state index contributed by atoms with van der Waals surface area (Å²) in [5.74, 6) is 1.32. The van der Waals surface area contributed by atoms with E-state index in [1.807, 2.05) is 37.4 Å². The Morgan fingerprint density at radius 2 is 2.00 bits per heavy atom. The zero-order valence-corrected chi connectivity index (χ0v) is 10.6. The lowest BCUT2D eigenvalue weighted by Crippen LogP contribution is -2.04. The van der Waals surface area contributed by atoms with Gasteiger partial charge in [0.1, 0.15) is 11.3 Å². The van der Waals surface area contributed by atoms with Crippen LogP contribution in [0.2, 0.25) is 0 Å². The van der Waals surface area contributed by atoms with Gasteiger partial charge in [0, 0.05) is 18.9 Å². The largest absolute Gasteiger partial charge is 0.437 e. The molecule has 96 valence electrons. The number of nitrogens with one attached hydrogen (secondary N) is 1. The van der Waals surface area contributed by atoms with Gasteiger partial charge in [0.15, 0.2) is 0 Å². The molecule has 0 atom stereocenters. The molecule has 3 aromatic rings. The molecule has 0 amide bonds. The van der Waals surface area contributed by atoms with E-state index < -0.39 is 0 Å². The Morgan fingerprint density at radius 3 is 2.79 bits per heavy atom. The van der Waals surface area contributed by atoms with Crippen molar-refractivity contribution in [3.8, 4) is 11.6 Å². The van der Waals surface area contributed by atoms with E-state index >= 15 is 0 Å². The van der Waals surface area contributed by atoms with Gasteiger partial charge in [-0.15, -0.1) is 0 Å². The van der Waals surface area contributed by atoms with E-state index in [0.29, 0.717) is 5.88 Å². The summed E-state index contributed by atoms with van der Waals surface area (Å²) in [6, 6.07) is 9.81. The van der Waals surface area contributed by atoms with Crippen molar-refractivity contribution in [2.45, 2.75) is 6.54 Å². The highest BCUT2D eigenvalue weighted by Crippen LogP contribution is 2.23. The number of hydrogen-bond acceptors (Lipinski definition) is 4. The standard InChI is InChI=1S/C14H14N4O/c1-15-10-11-2-4-12(5-3-11)19-14-13-6-7-17-18(13)9-8-16-14/h2-9,15H,10H2,1H3. The Morgan fingerprint density at radius 1 is 1.16 bits per heavy atom. The van der Waals surface area contributed by atoms with Crippen LogP contribution in [0.3, 0.4) is 0 Å². The molecule has 5 nitrogen and oxygen atoms in total. The molecule has 1 N–H and O–H groups in total. The van der Waals surface area contributed by atoms with Gasteiger partial charge in [0.05, 0.1) is 6.20 Å². The minimum Gasteiger partial charge on any atom is -0.437 e. The van der Waals surface area contributed by atoms with Crippen molar-refractivity contribution >= 4 is 5.52 Å². The predicted molar refractivity (Wildman–Crippen MR) is 72.3 cm³/mol. The van der Waals surface area contributed by atoms with Gasteiger partial charge in [0.25, 0.3) is 0 Å². The first-order valence-electron chi connectivity index (χ1n) is 6.06. The molecular formula is C14H14N4O. The van der Waals surface area contributed by atoms with E-state index in [1.165, 1.54) is 5.56 Å². The van der Waals surface area contributed by atoms with Crippen LogP contribution in [0, 0.1) is 0 Å². The Balaban J connectivity index is 1.86. The monoisotopic (exact) mass is 254 g/mol. The molecule has 0 bridgehead atoms. The fraction of sp³-hybridized carbons (Fsp3) is 0.143. The van der Waals surface area contributed by atoms with Crippen molar-refractivity contribution in [3.63, 3.8) is 0 Å². The van der Waals surface area contributed by atoms with E-state index in [2.05, 4.69) is 15.4 Å². The van der Waals surface area contributed by atoms with Crippen molar-refractivity contribution in [3.05, 3.63) is 54.5 Å². The van der Waals surface area contributed by atoms with Crippen LogP contribution in [0.1, 0.15) is 5.56 Å². The topological polar surface area (TPSA) is 51.5 Å². The summed E-state index contributed by atoms with van der Waals surface area (Å²) in [6.45, 7) is 0.844. The normalized spacial score (nSPS) is 10.8. The Labute approximate surface area is 110 Å². The van der Waals surface area contributed by atoms with Crippen molar-refractivity contribution < 1.29 is 4.74 Å². The minimum absolute atomic E-state index is 0.557. The molecule has 2 aromatic heterocycles. The van der Waals surface area contributed by atoms with Gasteiger partial charge < -0.3 is 10.1 Å². The summed E-state index contributed by atoms with van der Waals surface area (Å²) in [7, 11) is 1.93. The maximum Gasteiger partial charge on any atom is 0.245 e. The summed E-state index contributed by atoms with van der Waals surface area (Å²) in [5, 5.41) is 7.26. The van der Waals surface area contributed by atoms with Crippen LogP contribution in [-0.2, 0) is 6.54 Å². The zero-order chi connectivity index (χ0) is 13.1. The van der Waals surface area contributed by atoms with Crippen molar-refractivity contribution in [1.29, 1.82) is 0 Å². The van der Waals surface area contributed by atoms with Gasteiger partial charge in [-0.1, -0.05) is 12.1 Å². The lowest BCUT2D eigenvalue weighted by Gasteiger charge is -2.07. The lowest BCUT2D eigenvalue weighted by molar-refractivity contribution is 0.465. The molecule has 0 fully saturated rings. The first kappa shape index (κ1) is 11.7. The highest BCUT2D eigenvalue weighted by atomic mass is 16.5. The molecule has 3 rings (SSSR count). The average Bonchev–Trinajstić information content (AvgIpc) is 2.91. The first-order valence-corrected chi connectivity index (χ1v) is 6.06. The smallest absolute Gasteiger partial charge is 0.245 e. The number of ether oxygens (including phenoxy) is 1. The SMILES string of the molecule is CNCc1ccc(Oc2nccn3nccc23)cc1. The second kappa shape index (κ2) is 5.07. The van der Waals surface area contributed by atoms with Crippen LogP contribution in [0.4, 0.5) is 0 Å². The number of hydrogen-bond donors (Lipinski definition) is 1. The van der Waals surface area contributed by atoms with Crippen LogP contribution in [0.15, 0.2) is 48.9 Å². The second-order valence-electron chi connectivity index (χ2n) is 4.17. The molecule has 0 aliphatic heterocycles. The summed E-state index contributed by atoms with van der Waals surface area (Å²) < 4.78 is 7.52. The fourth-order valence-electron chi connectivity index (χ4n) is 1.90. The Hall–Kier alpha value is -2.40. The third-order valence-corrected chi connectivity index (χ3v) is 2.81. The maximum absolute atomic E-state index is 5.79. The molecule has 0 aliphatic carbocycles. The summed E-state index contributed by atoms with van der Waals surface area (Å²) in [4.78, 5) is 4.24. The Bertz CT molecular complexity index is 675. The molecule has 19 heavy (non-hydrogen) atoms. The number of aromatic nitrogens is 3. The van der Waals surface area contributed by atoms with Crippen molar-refractivity contribution in [2.24, 2.45) is 0 Å². The van der Waals surface area contributed by atoms with Gasteiger partial charge in [-0.05, 0) is 30.8 Å². The fourth-order valence-corrected chi connectivity index (χ4v) is 1.90. The molecule has 0 aliphatic rings. The molecule has 0 unspecified atom stereocenters. The molecule has 5 heteroatoms. The summed E-state index contributed by atoms with van der Waals surface area (Å²) >= 11 is 0. The zero-order valence-electron chi connectivity index (χ0n) is 10.6.